The van der Waals surface area contributed by atoms with E-state index in [4.69, 9.17) is 4.74 Å². The number of rotatable bonds is 5. The van der Waals surface area contributed by atoms with Crippen molar-refractivity contribution in [3.8, 4) is 0 Å². The first kappa shape index (κ1) is 14.0. The lowest BCUT2D eigenvalue weighted by Crippen LogP contribution is -2.36. The number of benzene rings is 1. The average molecular weight is 275 g/mol. The second kappa shape index (κ2) is 6.18. The third-order valence-corrected chi connectivity index (χ3v) is 2.96. The molecule has 0 aliphatic rings. The summed E-state index contributed by atoms with van der Waals surface area (Å²) in [5, 5.41) is 0. The summed E-state index contributed by atoms with van der Waals surface area (Å²) < 4.78 is 4.87. The fraction of sp³-hybridized carbons (Fsp3) is 0.357. The number of carbonyl (C=O) groups is 2. The molecule has 0 spiro atoms. The molecule has 0 bridgehead atoms. The molecule has 2 rings (SSSR count). The van der Waals surface area contributed by atoms with Crippen molar-refractivity contribution in [2.75, 3.05) is 19.7 Å². The topological polar surface area (TPSA) is 75.3 Å². The van der Waals surface area contributed by atoms with Gasteiger partial charge in [-0.3, -0.25) is 9.59 Å². The zero-order chi connectivity index (χ0) is 14.5. The standard InChI is InChI=1S/C14H17N3O3/c1-3-17(8-13(18)20-4-2)14(19)10-5-6-11-12(7-10)16-9-15-11/h5-7,9H,3-4,8H2,1-2H3,(H,15,16). The van der Waals surface area contributed by atoms with Crippen LogP contribution in [0.2, 0.25) is 0 Å². The summed E-state index contributed by atoms with van der Waals surface area (Å²) >= 11 is 0. The number of hydrogen-bond donors (Lipinski definition) is 1. The molecule has 0 fully saturated rings. The van der Waals surface area contributed by atoms with E-state index in [9.17, 15) is 9.59 Å². The van der Waals surface area contributed by atoms with Crippen LogP contribution in [0.5, 0.6) is 0 Å². The van der Waals surface area contributed by atoms with Gasteiger partial charge in [0.1, 0.15) is 6.54 Å². The molecular formula is C14H17N3O3. The van der Waals surface area contributed by atoms with E-state index in [0.29, 0.717) is 18.7 Å². The highest BCUT2D eigenvalue weighted by Crippen LogP contribution is 2.13. The predicted molar refractivity (Wildman–Crippen MR) is 74.3 cm³/mol. The van der Waals surface area contributed by atoms with Crippen molar-refractivity contribution >= 4 is 22.9 Å². The number of hydrogen-bond acceptors (Lipinski definition) is 4. The monoisotopic (exact) mass is 275 g/mol. The number of likely N-dealkylation sites (N-methyl/N-ethyl adjacent to an activating group) is 1. The number of aromatic nitrogens is 2. The van der Waals surface area contributed by atoms with Crippen molar-refractivity contribution < 1.29 is 14.3 Å². The van der Waals surface area contributed by atoms with E-state index in [0.717, 1.165) is 11.0 Å². The predicted octanol–water partition coefficient (Wildman–Crippen LogP) is 1.59. The quantitative estimate of drug-likeness (QED) is 0.841. The highest BCUT2D eigenvalue weighted by molar-refractivity contribution is 5.98. The first-order valence-corrected chi connectivity index (χ1v) is 6.53. The zero-order valence-corrected chi connectivity index (χ0v) is 11.5. The van der Waals surface area contributed by atoms with Crippen LogP contribution in [0, 0.1) is 0 Å². The smallest absolute Gasteiger partial charge is 0.325 e. The first-order valence-electron chi connectivity index (χ1n) is 6.53. The number of esters is 1. The van der Waals surface area contributed by atoms with Crippen molar-refractivity contribution in [3.63, 3.8) is 0 Å². The van der Waals surface area contributed by atoms with Gasteiger partial charge in [-0.2, -0.15) is 0 Å². The Hall–Kier alpha value is -2.37. The molecule has 0 radical (unpaired) electrons. The van der Waals surface area contributed by atoms with Crippen LogP contribution >= 0.6 is 0 Å². The highest BCUT2D eigenvalue weighted by Gasteiger charge is 2.18. The number of ether oxygens (including phenoxy) is 1. The van der Waals surface area contributed by atoms with E-state index in [1.54, 1.807) is 31.5 Å². The summed E-state index contributed by atoms with van der Waals surface area (Å²) in [6.45, 7) is 4.28. The van der Waals surface area contributed by atoms with Crippen molar-refractivity contribution in [2.45, 2.75) is 13.8 Å². The summed E-state index contributed by atoms with van der Waals surface area (Å²) in [7, 11) is 0. The van der Waals surface area contributed by atoms with E-state index < -0.39 is 5.97 Å². The van der Waals surface area contributed by atoms with Crippen molar-refractivity contribution in [1.29, 1.82) is 0 Å². The Bertz CT molecular complexity index is 621. The normalized spacial score (nSPS) is 10.5. The maximum absolute atomic E-state index is 12.4. The molecule has 0 saturated carbocycles. The Balaban J connectivity index is 2.16. The van der Waals surface area contributed by atoms with Crippen LogP contribution in [-0.4, -0.2) is 46.4 Å². The fourth-order valence-corrected chi connectivity index (χ4v) is 1.94. The van der Waals surface area contributed by atoms with Crippen LogP contribution in [0.25, 0.3) is 11.0 Å². The first-order chi connectivity index (χ1) is 9.65. The van der Waals surface area contributed by atoms with E-state index in [1.165, 1.54) is 4.90 Å². The summed E-state index contributed by atoms with van der Waals surface area (Å²) in [6, 6.07) is 5.22. The van der Waals surface area contributed by atoms with Gasteiger partial charge in [-0.15, -0.1) is 0 Å². The van der Waals surface area contributed by atoms with Crippen LogP contribution in [0.1, 0.15) is 24.2 Å². The molecule has 0 aliphatic heterocycles. The molecule has 2 aromatic rings. The summed E-state index contributed by atoms with van der Waals surface area (Å²) in [5.74, 6) is -0.595. The maximum atomic E-state index is 12.4. The molecule has 1 aromatic carbocycles. The van der Waals surface area contributed by atoms with Gasteiger partial charge >= 0.3 is 5.97 Å². The number of H-pyrrole nitrogens is 1. The van der Waals surface area contributed by atoms with Crippen LogP contribution in [0.3, 0.4) is 0 Å². The number of nitrogens with zero attached hydrogens (tertiary/aromatic N) is 2. The molecular weight excluding hydrogens is 258 g/mol. The van der Waals surface area contributed by atoms with E-state index >= 15 is 0 Å². The number of carbonyl (C=O) groups excluding carboxylic acids is 2. The Morgan fingerprint density at radius 1 is 1.35 bits per heavy atom. The van der Waals surface area contributed by atoms with Gasteiger partial charge in [-0.25, -0.2) is 4.98 Å². The molecule has 6 heteroatoms. The SMILES string of the molecule is CCOC(=O)CN(CC)C(=O)c1ccc2nc[nH]c2c1. The summed E-state index contributed by atoms with van der Waals surface area (Å²) in [5.41, 5.74) is 2.12. The minimum atomic E-state index is -0.398. The molecule has 0 unspecified atom stereocenters. The molecule has 1 heterocycles. The van der Waals surface area contributed by atoms with Gasteiger partial charge in [0.15, 0.2) is 0 Å². The highest BCUT2D eigenvalue weighted by atomic mass is 16.5. The molecule has 106 valence electrons. The average Bonchev–Trinajstić information content (AvgIpc) is 2.91. The molecule has 0 aliphatic carbocycles. The van der Waals surface area contributed by atoms with E-state index in [-0.39, 0.29) is 12.5 Å². The van der Waals surface area contributed by atoms with Crippen molar-refractivity contribution in [3.05, 3.63) is 30.1 Å². The minimum absolute atomic E-state index is 0.0375. The molecule has 0 saturated heterocycles. The minimum Gasteiger partial charge on any atom is -0.465 e. The lowest BCUT2D eigenvalue weighted by atomic mass is 10.1. The van der Waals surface area contributed by atoms with Gasteiger partial charge in [-0.1, -0.05) is 0 Å². The fourth-order valence-electron chi connectivity index (χ4n) is 1.94. The number of nitrogens with one attached hydrogen (secondary N) is 1. The molecule has 1 N–H and O–H groups in total. The van der Waals surface area contributed by atoms with Gasteiger partial charge in [0.25, 0.3) is 5.91 Å². The molecule has 20 heavy (non-hydrogen) atoms. The third kappa shape index (κ3) is 2.96. The van der Waals surface area contributed by atoms with Gasteiger partial charge in [0.2, 0.25) is 0 Å². The lowest BCUT2D eigenvalue weighted by Gasteiger charge is -2.19. The van der Waals surface area contributed by atoms with Crippen LogP contribution in [0.4, 0.5) is 0 Å². The van der Waals surface area contributed by atoms with Gasteiger partial charge in [-0.05, 0) is 32.0 Å². The molecule has 0 atom stereocenters. The Kier molecular flexibility index (Phi) is 4.34. The lowest BCUT2D eigenvalue weighted by molar-refractivity contribution is -0.143. The van der Waals surface area contributed by atoms with Crippen LogP contribution in [0.15, 0.2) is 24.5 Å². The van der Waals surface area contributed by atoms with Gasteiger partial charge in [0.05, 0.1) is 24.0 Å². The van der Waals surface area contributed by atoms with Crippen molar-refractivity contribution in [2.24, 2.45) is 0 Å². The number of amides is 1. The summed E-state index contributed by atoms with van der Waals surface area (Å²) in [6.07, 6.45) is 1.58. The second-order valence-corrected chi connectivity index (χ2v) is 4.26. The Morgan fingerprint density at radius 2 is 2.15 bits per heavy atom. The van der Waals surface area contributed by atoms with Gasteiger partial charge in [0, 0.05) is 12.1 Å². The van der Waals surface area contributed by atoms with Crippen LogP contribution < -0.4 is 0 Å². The number of aromatic amines is 1. The molecule has 6 nitrogen and oxygen atoms in total. The molecule has 1 aromatic heterocycles. The maximum Gasteiger partial charge on any atom is 0.325 e. The third-order valence-electron chi connectivity index (χ3n) is 2.96. The largest absolute Gasteiger partial charge is 0.465 e. The number of imidazole rings is 1. The summed E-state index contributed by atoms with van der Waals surface area (Å²) in [4.78, 5) is 32.4. The Morgan fingerprint density at radius 3 is 2.85 bits per heavy atom. The number of fused-ring (bicyclic) bond motifs is 1. The second-order valence-electron chi connectivity index (χ2n) is 4.26. The van der Waals surface area contributed by atoms with Crippen LogP contribution in [-0.2, 0) is 9.53 Å². The van der Waals surface area contributed by atoms with Gasteiger partial charge < -0.3 is 14.6 Å². The Labute approximate surface area is 116 Å². The van der Waals surface area contributed by atoms with E-state index in [1.807, 2.05) is 6.92 Å². The molecule has 1 amide bonds. The zero-order valence-electron chi connectivity index (χ0n) is 11.5. The van der Waals surface area contributed by atoms with Crippen molar-refractivity contribution in [1.82, 2.24) is 14.9 Å². The van der Waals surface area contributed by atoms with E-state index in [2.05, 4.69) is 9.97 Å².